The summed E-state index contributed by atoms with van der Waals surface area (Å²) in [5.41, 5.74) is 1.99. The van der Waals surface area contributed by atoms with Crippen LogP contribution in [0.25, 0.3) is 11.4 Å². The van der Waals surface area contributed by atoms with Gasteiger partial charge >= 0.3 is 0 Å². The van der Waals surface area contributed by atoms with Gasteiger partial charge < -0.3 is 9.84 Å². The second-order valence-electron chi connectivity index (χ2n) is 4.29. The summed E-state index contributed by atoms with van der Waals surface area (Å²) in [5, 5.41) is 7.27. The molecule has 0 aliphatic rings. The van der Waals surface area contributed by atoms with Gasteiger partial charge in [0.25, 0.3) is 0 Å². The zero-order valence-electron chi connectivity index (χ0n) is 10.9. The highest BCUT2D eigenvalue weighted by atomic mass is 16.5. The van der Waals surface area contributed by atoms with Crippen LogP contribution in [0, 0.1) is 0 Å². The van der Waals surface area contributed by atoms with Crippen molar-refractivity contribution in [1.29, 1.82) is 0 Å². The molecule has 2 heterocycles. The minimum Gasteiger partial charge on any atom is -0.385 e. The molecule has 1 N–H and O–H groups in total. The third-order valence-corrected chi connectivity index (χ3v) is 2.85. The lowest BCUT2D eigenvalue weighted by Crippen LogP contribution is -2.04. The molecule has 20 heavy (non-hydrogen) atoms. The number of para-hydroxylation sites is 1. The number of hydrogen-bond donors (Lipinski definition) is 1. The minimum absolute atomic E-state index is 0.599. The maximum atomic E-state index is 5.24. The second-order valence-corrected chi connectivity index (χ2v) is 4.29. The maximum Gasteiger partial charge on any atom is 0.228 e. The first-order chi connectivity index (χ1) is 9.92. The molecule has 0 bridgehead atoms. The van der Waals surface area contributed by atoms with E-state index in [4.69, 9.17) is 4.52 Å². The lowest BCUT2D eigenvalue weighted by Gasteiger charge is -2.02. The fourth-order valence-corrected chi connectivity index (χ4v) is 1.84. The molecule has 100 valence electrons. The van der Waals surface area contributed by atoms with E-state index in [0.29, 0.717) is 18.1 Å². The van der Waals surface area contributed by atoms with Crippen molar-refractivity contribution in [2.24, 2.45) is 0 Å². The average molecular weight is 266 g/mol. The summed E-state index contributed by atoms with van der Waals surface area (Å²) < 4.78 is 5.24. The van der Waals surface area contributed by atoms with Crippen molar-refractivity contribution in [1.82, 2.24) is 15.1 Å². The van der Waals surface area contributed by atoms with E-state index in [0.717, 1.165) is 17.8 Å². The van der Waals surface area contributed by atoms with E-state index >= 15 is 0 Å². The van der Waals surface area contributed by atoms with E-state index in [1.54, 1.807) is 12.4 Å². The SMILES string of the molecule is c1ccc(NCCc2nc(-c3ccncc3)no2)cc1. The molecule has 5 nitrogen and oxygen atoms in total. The Morgan fingerprint density at radius 3 is 2.60 bits per heavy atom. The van der Waals surface area contributed by atoms with Crippen molar-refractivity contribution in [3.8, 4) is 11.4 Å². The summed E-state index contributed by atoms with van der Waals surface area (Å²) in [4.78, 5) is 8.33. The largest absolute Gasteiger partial charge is 0.385 e. The maximum absolute atomic E-state index is 5.24. The second kappa shape index (κ2) is 5.97. The molecule has 0 amide bonds. The van der Waals surface area contributed by atoms with Crippen molar-refractivity contribution in [3.05, 3.63) is 60.7 Å². The Bertz CT molecular complexity index is 652. The van der Waals surface area contributed by atoms with Crippen LogP contribution in [-0.2, 0) is 6.42 Å². The van der Waals surface area contributed by atoms with Crippen molar-refractivity contribution in [2.75, 3.05) is 11.9 Å². The lowest BCUT2D eigenvalue weighted by molar-refractivity contribution is 0.381. The summed E-state index contributed by atoms with van der Waals surface area (Å²) in [6, 6.07) is 13.7. The van der Waals surface area contributed by atoms with E-state index in [2.05, 4.69) is 20.4 Å². The average Bonchev–Trinajstić information content (AvgIpc) is 2.98. The molecule has 3 aromatic rings. The zero-order valence-corrected chi connectivity index (χ0v) is 10.9. The van der Waals surface area contributed by atoms with Gasteiger partial charge in [0.1, 0.15) is 0 Å². The Morgan fingerprint density at radius 1 is 1.00 bits per heavy atom. The Labute approximate surface area is 116 Å². The van der Waals surface area contributed by atoms with Crippen molar-refractivity contribution < 1.29 is 4.52 Å². The van der Waals surface area contributed by atoms with Gasteiger partial charge in [-0.15, -0.1) is 0 Å². The van der Waals surface area contributed by atoms with Gasteiger partial charge in [0.15, 0.2) is 0 Å². The quantitative estimate of drug-likeness (QED) is 0.769. The first kappa shape index (κ1) is 12.3. The Hall–Kier alpha value is -2.69. The van der Waals surface area contributed by atoms with Gasteiger partial charge in [0, 0.05) is 36.6 Å². The van der Waals surface area contributed by atoms with E-state index in [1.807, 2.05) is 42.5 Å². The van der Waals surface area contributed by atoms with E-state index in [-0.39, 0.29) is 0 Å². The van der Waals surface area contributed by atoms with Crippen LogP contribution >= 0.6 is 0 Å². The molecule has 3 rings (SSSR count). The number of aromatic nitrogens is 3. The molecule has 0 aliphatic heterocycles. The molecule has 0 saturated heterocycles. The number of nitrogens with one attached hydrogen (secondary N) is 1. The lowest BCUT2D eigenvalue weighted by atomic mass is 10.2. The van der Waals surface area contributed by atoms with Crippen molar-refractivity contribution in [3.63, 3.8) is 0 Å². The Kier molecular flexibility index (Phi) is 3.68. The highest BCUT2D eigenvalue weighted by Crippen LogP contribution is 2.14. The molecular formula is C15H14N4O. The van der Waals surface area contributed by atoms with Crippen LogP contribution in [0.4, 0.5) is 5.69 Å². The molecule has 0 aliphatic carbocycles. The third-order valence-electron chi connectivity index (χ3n) is 2.85. The van der Waals surface area contributed by atoms with Crippen LogP contribution in [-0.4, -0.2) is 21.7 Å². The smallest absolute Gasteiger partial charge is 0.228 e. The van der Waals surface area contributed by atoms with Gasteiger partial charge in [-0.2, -0.15) is 4.98 Å². The zero-order chi connectivity index (χ0) is 13.6. The van der Waals surface area contributed by atoms with Crippen LogP contribution in [0.1, 0.15) is 5.89 Å². The topological polar surface area (TPSA) is 63.8 Å². The van der Waals surface area contributed by atoms with Gasteiger partial charge in [-0.05, 0) is 24.3 Å². The summed E-state index contributed by atoms with van der Waals surface area (Å²) in [5.74, 6) is 1.22. The summed E-state index contributed by atoms with van der Waals surface area (Å²) >= 11 is 0. The molecule has 0 atom stereocenters. The number of anilines is 1. The van der Waals surface area contributed by atoms with E-state index in [1.165, 1.54) is 0 Å². The summed E-state index contributed by atoms with van der Waals surface area (Å²) in [6.07, 6.45) is 4.11. The predicted octanol–water partition coefficient (Wildman–Crippen LogP) is 2.79. The Balaban J connectivity index is 1.58. The summed E-state index contributed by atoms with van der Waals surface area (Å²) in [7, 11) is 0. The van der Waals surface area contributed by atoms with Crippen LogP contribution in [0.15, 0.2) is 59.4 Å². The number of nitrogens with zero attached hydrogens (tertiary/aromatic N) is 3. The van der Waals surface area contributed by atoms with Gasteiger partial charge in [-0.25, -0.2) is 0 Å². The first-order valence-electron chi connectivity index (χ1n) is 6.44. The van der Waals surface area contributed by atoms with Crippen LogP contribution in [0.5, 0.6) is 0 Å². The molecule has 0 fully saturated rings. The van der Waals surface area contributed by atoms with Crippen molar-refractivity contribution >= 4 is 5.69 Å². The molecule has 0 saturated carbocycles. The minimum atomic E-state index is 0.599. The molecular weight excluding hydrogens is 252 g/mol. The molecule has 0 spiro atoms. The highest BCUT2D eigenvalue weighted by molar-refractivity contribution is 5.52. The van der Waals surface area contributed by atoms with E-state index in [9.17, 15) is 0 Å². The molecule has 5 heteroatoms. The monoisotopic (exact) mass is 266 g/mol. The fourth-order valence-electron chi connectivity index (χ4n) is 1.84. The first-order valence-corrected chi connectivity index (χ1v) is 6.44. The standard InChI is InChI=1S/C15H14N4O/c1-2-4-13(5-3-1)17-11-8-14-18-15(19-20-14)12-6-9-16-10-7-12/h1-7,9-10,17H,8,11H2. The van der Waals surface area contributed by atoms with Crippen LogP contribution in [0.3, 0.4) is 0 Å². The highest BCUT2D eigenvalue weighted by Gasteiger charge is 2.07. The summed E-state index contributed by atoms with van der Waals surface area (Å²) in [6.45, 7) is 0.752. The van der Waals surface area contributed by atoms with E-state index < -0.39 is 0 Å². The van der Waals surface area contributed by atoms with Gasteiger partial charge in [-0.1, -0.05) is 23.4 Å². The van der Waals surface area contributed by atoms with Crippen molar-refractivity contribution in [2.45, 2.75) is 6.42 Å². The molecule has 2 aromatic heterocycles. The number of pyridine rings is 1. The number of benzene rings is 1. The molecule has 1 aromatic carbocycles. The fraction of sp³-hybridized carbons (Fsp3) is 0.133. The van der Waals surface area contributed by atoms with Crippen LogP contribution in [0.2, 0.25) is 0 Å². The number of hydrogen-bond acceptors (Lipinski definition) is 5. The van der Waals surface area contributed by atoms with Gasteiger partial charge in [0.05, 0.1) is 0 Å². The predicted molar refractivity (Wildman–Crippen MR) is 76.2 cm³/mol. The third kappa shape index (κ3) is 3.00. The van der Waals surface area contributed by atoms with Crippen LogP contribution < -0.4 is 5.32 Å². The normalized spacial score (nSPS) is 10.4. The van der Waals surface area contributed by atoms with Gasteiger partial charge in [-0.3, -0.25) is 4.98 Å². The number of rotatable bonds is 5. The molecule has 0 unspecified atom stereocenters. The van der Waals surface area contributed by atoms with Gasteiger partial charge in [0.2, 0.25) is 11.7 Å². The Morgan fingerprint density at radius 2 is 1.80 bits per heavy atom. The molecule has 0 radical (unpaired) electrons.